The van der Waals surface area contributed by atoms with E-state index in [-0.39, 0.29) is 18.5 Å². The zero-order chi connectivity index (χ0) is 29.9. The molecule has 0 bridgehead atoms. The minimum Gasteiger partial charge on any atom is -0.378 e. The minimum atomic E-state index is -0.886. The van der Waals surface area contributed by atoms with Gasteiger partial charge in [-0.05, 0) is 42.7 Å². The standard InChI is InChI=1S/C35H38F2N4O2/c1-25-32(39-19-21-43-22-20-39)26(2)41(24-27-13-14-30(36)31(37)23-27)33(25)35(42)40-17-15-38(16-18-40)34(28-9-5-3-6-10-28)29-11-7-4-8-12-29/h3-14,23,34H,15-22,24H2,1-2H3. The molecule has 0 aliphatic carbocycles. The van der Waals surface area contributed by atoms with Gasteiger partial charge in [0.25, 0.3) is 5.91 Å². The van der Waals surface area contributed by atoms with Gasteiger partial charge in [0, 0.05) is 57.1 Å². The maximum absolute atomic E-state index is 14.3. The van der Waals surface area contributed by atoms with Gasteiger partial charge in [-0.25, -0.2) is 8.78 Å². The number of carbonyl (C=O) groups excluding carboxylic acids is 1. The van der Waals surface area contributed by atoms with E-state index in [1.165, 1.54) is 17.2 Å². The number of hydrogen-bond donors (Lipinski definition) is 0. The van der Waals surface area contributed by atoms with Gasteiger partial charge in [0.1, 0.15) is 5.69 Å². The van der Waals surface area contributed by atoms with Gasteiger partial charge in [0.15, 0.2) is 11.6 Å². The predicted molar refractivity (Wildman–Crippen MR) is 165 cm³/mol. The van der Waals surface area contributed by atoms with E-state index in [1.54, 1.807) is 6.07 Å². The second kappa shape index (κ2) is 12.7. The van der Waals surface area contributed by atoms with Crippen LogP contribution >= 0.6 is 0 Å². The molecule has 3 aromatic carbocycles. The van der Waals surface area contributed by atoms with Crippen LogP contribution in [0.5, 0.6) is 0 Å². The highest BCUT2D eigenvalue weighted by atomic mass is 19.2. The summed E-state index contributed by atoms with van der Waals surface area (Å²) >= 11 is 0. The number of hydrogen-bond acceptors (Lipinski definition) is 4. The summed E-state index contributed by atoms with van der Waals surface area (Å²) in [4.78, 5) is 21.0. The number of aromatic nitrogens is 1. The van der Waals surface area contributed by atoms with Gasteiger partial charge in [-0.1, -0.05) is 66.7 Å². The van der Waals surface area contributed by atoms with Crippen LogP contribution in [0.15, 0.2) is 78.9 Å². The molecule has 224 valence electrons. The number of ether oxygens (including phenoxy) is 1. The van der Waals surface area contributed by atoms with Crippen LogP contribution in [0.25, 0.3) is 0 Å². The molecule has 43 heavy (non-hydrogen) atoms. The zero-order valence-electron chi connectivity index (χ0n) is 24.8. The third kappa shape index (κ3) is 5.94. The Balaban J connectivity index is 1.29. The van der Waals surface area contributed by atoms with Gasteiger partial charge < -0.3 is 19.1 Å². The molecule has 0 saturated carbocycles. The summed E-state index contributed by atoms with van der Waals surface area (Å²) in [6.45, 7) is 9.68. The Morgan fingerprint density at radius 2 is 1.40 bits per heavy atom. The lowest BCUT2D eigenvalue weighted by Gasteiger charge is -2.40. The van der Waals surface area contributed by atoms with E-state index in [9.17, 15) is 13.6 Å². The molecular weight excluding hydrogens is 546 g/mol. The van der Waals surface area contributed by atoms with Crippen LogP contribution in [0.2, 0.25) is 0 Å². The summed E-state index contributed by atoms with van der Waals surface area (Å²) in [5, 5.41) is 0. The highest BCUT2D eigenvalue weighted by Crippen LogP contribution is 2.34. The third-order valence-corrected chi connectivity index (χ3v) is 8.78. The van der Waals surface area contributed by atoms with Crippen LogP contribution in [-0.4, -0.2) is 72.8 Å². The normalized spacial score (nSPS) is 16.2. The van der Waals surface area contributed by atoms with Crippen LogP contribution in [-0.2, 0) is 11.3 Å². The van der Waals surface area contributed by atoms with Crippen molar-refractivity contribution in [2.24, 2.45) is 0 Å². The maximum atomic E-state index is 14.3. The molecule has 0 spiro atoms. The van der Waals surface area contributed by atoms with Crippen molar-refractivity contribution in [1.29, 1.82) is 0 Å². The molecule has 2 saturated heterocycles. The van der Waals surface area contributed by atoms with E-state index >= 15 is 0 Å². The van der Waals surface area contributed by atoms with Gasteiger partial charge in [-0.3, -0.25) is 9.69 Å². The van der Waals surface area contributed by atoms with E-state index in [0.717, 1.165) is 49.2 Å². The zero-order valence-corrected chi connectivity index (χ0v) is 24.8. The van der Waals surface area contributed by atoms with E-state index in [2.05, 4.69) is 58.3 Å². The van der Waals surface area contributed by atoms with Crippen molar-refractivity contribution < 1.29 is 18.3 Å². The molecule has 1 amide bonds. The molecule has 8 heteroatoms. The number of anilines is 1. The third-order valence-electron chi connectivity index (χ3n) is 8.78. The van der Waals surface area contributed by atoms with E-state index in [1.807, 2.05) is 35.4 Å². The molecule has 6 nitrogen and oxygen atoms in total. The number of benzene rings is 3. The summed E-state index contributed by atoms with van der Waals surface area (Å²) in [7, 11) is 0. The Morgan fingerprint density at radius 1 is 0.791 bits per heavy atom. The van der Waals surface area contributed by atoms with Crippen molar-refractivity contribution in [2.75, 3.05) is 57.4 Å². The average Bonchev–Trinajstić information content (AvgIpc) is 3.28. The van der Waals surface area contributed by atoms with Gasteiger partial charge in [0.05, 0.1) is 24.9 Å². The van der Waals surface area contributed by atoms with Crippen molar-refractivity contribution in [3.8, 4) is 0 Å². The quantitative estimate of drug-likeness (QED) is 0.275. The topological polar surface area (TPSA) is 41.0 Å². The summed E-state index contributed by atoms with van der Waals surface area (Å²) in [5.74, 6) is -1.79. The molecule has 0 N–H and O–H groups in total. The first-order valence-corrected chi connectivity index (χ1v) is 15.0. The largest absolute Gasteiger partial charge is 0.378 e. The predicted octanol–water partition coefficient (Wildman–Crippen LogP) is 5.82. The second-order valence-electron chi connectivity index (χ2n) is 11.4. The number of carbonyl (C=O) groups is 1. The number of amides is 1. The van der Waals surface area contributed by atoms with Crippen molar-refractivity contribution in [3.63, 3.8) is 0 Å². The molecule has 2 aliphatic heterocycles. The SMILES string of the molecule is Cc1c(N2CCOCC2)c(C)n(Cc2ccc(F)c(F)c2)c1C(=O)N1CCN(C(c2ccccc2)c2ccccc2)CC1. The summed E-state index contributed by atoms with van der Waals surface area (Å²) < 4.78 is 35.5. The van der Waals surface area contributed by atoms with Crippen LogP contribution in [0.1, 0.15) is 44.5 Å². The highest BCUT2D eigenvalue weighted by Gasteiger charge is 2.33. The molecule has 2 fully saturated rings. The van der Waals surface area contributed by atoms with Gasteiger partial charge >= 0.3 is 0 Å². The fourth-order valence-corrected chi connectivity index (χ4v) is 6.65. The lowest BCUT2D eigenvalue weighted by atomic mass is 9.96. The van der Waals surface area contributed by atoms with E-state index < -0.39 is 11.6 Å². The lowest BCUT2D eigenvalue weighted by Crippen LogP contribution is -2.50. The average molecular weight is 585 g/mol. The van der Waals surface area contributed by atoms with Crippen molar-refractivity contribution in [1.82, 2.24) is 14.4 Å². The van der Waals surface area contributed by atoms with Crippen LogP contribution in [0.3, 0.4) is 0 Å². The fraction of sp³-hybridized carbons (Fsp3) is 0.343. The Labute approximate surface area is 252 Å². The van der Waals surface area contributed by atoms with Crippen molar-refractivity contribution in [3.05, 3.63) is 124 Å². The summed E-state index contributed by atoms with van der Waals surface area (Å²) in [6, 6.07) is 25.1. The minimum absolute atomic E-state index is 0.0293. The smallest absolute Gasteiger partial charge is 0.270 e. The van der Waals surface area contributed by atoms with Crippen LogP contribution in [0, 0.1) is 25.5 Å². The molecular formula is C35H38F2N4O2. The Morgan fingerprint density at radius 3 is 1.98 bits per heavy atom. The first-order chi connectivity index (χ1) is 20.9. The van der Waals surface area contributed by atoms with E-state index in [0.29, 0.717) is 37.6 Å². The first-order valence-electron chi connectivity index (χ1n) is 15.0. The van der Waals surface area contributed by atoms with Gasteiger partial charge in [-0.15, -0.1) is 0 Å². The lowest BCUT2D eigenvalue weighted by molar-refractivity contribution is 0.0586. The Hall–Kier alpha value is -4.01. The van der Waals surface area contributed by atoms with Crippen LogP contribution in [0.4, 0.5) is 14.5 Å². The number of rotatable bonds is 7. The molecule has 0 atom stereocenters. The van der Waals surface area contributed by atoms with E-state index in [4.69, 9.17) is 4.74 Å². The van der Waals surface area contributed by atoms with Gasteiger partial charge in [-0.2, -0.15) is 0 Å². The maximum Gasteiger partial charge on any atom is 0.270 e. The molecule has 0 unspecified atom stereocenters. The number of morpholine rings is 1. The number of halogens is 2. The number of nitrogens with zero attached hydrogens (tertiary/aromatic N) is 4. The monoisotopic (exact) mass is 584 g/mol. The molecule has 1 aromatic heterocycles. The second-order valence-corrected chi connectivity index (χ2v) is 11.4. The molecule has 2 aliphatic rings. The first kappa shape index (κ1) is 29.1. The Kier molecular flexibility index (Phi) is 8.58. The number of piperazine rings is 1. The van der Waals surface area contributed by atoms with Gasteiger partial charge in [0.2, 0.25) is 0 Å². The molecule has 0 radical (unpaired) electrons. The molecule has 3 heterocycles. The molecule has 4 aromatic rings. The fourth-order valence-electron chi connectivity index (χ4n) is 6.65. The summed E-state index contributed by atoms with van der Waals surface area (Å²) in [6.07, 6.45) is 0. The Bertz CT molecular complexity index is 1520. The summed E-state index contributed by atoms with van der Waals surface area (Å²) in [5.41, 5.74) is 6.57. The molecule has 6 rings (SSSR count). The van der Waals surface area contributed by atoms with Crippen molar-refractivity contribution in [2.45, 2.75) is 26.4 Å². The highest BCUT2D eigenvalue weighted by molar-refractivity contribution is 5.97. The van der Waals surface area contributed by atoms with Crippen molar-refractivity contribution >= 4 is 11.6 Å². The van der Waals surface area contributed by atoms with Crippen LogP contribution < -0.4 is 4.90 Å².